The Morgan fingerprint density at radius 2 is 2.28 bits per heavy atom. The third-order valence-electron chi connectivity index (χ3n) is 3.16. The van der Waals surface area contributed by atoms with Crippen LogP contribution in [-0.4, -0.2) is 16.5 Å². The number of aliphatic imine (C=N–C) groups is 1. The second kappa shape index (κ2) is 5.21. The molecule has 1 unspecified atom stereocenters. The van der Waals surface area contributed by atoms with Gasteiger partial charge in [0.25, 0.3) is 0 Å². The lowest BCUT2D eigenvalue weighted by molar-refractivity contribution is 0.523. The molecule has 0 fully saturated rings. The van der Waals surface area contributed by atoms with Crippen molar-refractivity contribution in [2.24, 2.45) is 4.99 Å². The summed E-state index contributed by atoms with van der Waals surface area (Å²) in [5.41, 5.74) is 1.79. The van der Waals surface area contributed by atoms with Gasteiger partial charge in [0.15, 0.2) is 5.17 Å². The maximum Gasteiger partial charge on any atom is 0.161 e. The van der Waals surface area contributed by atoms with Crippen LogP contribution in [0.3, 0.4) is 0 Å². The standard InChI is InChI=1S/C13H16BrFN2S/c1-4-13(3)7-18-12(17-13)16-11-6-10(15)9(14)5-8(11)2/h5-6H,4,7H2,1-3H3,(H,16,17). The summed E-state index contributed by atoms with van der Waals surface area (Å²) in [6.45, 7) is 6.23. The van der Waals surface area contributed by atoms with Crippen LogP contribution in [0.15, 0.2) is 21.6 Å². The van der Waals surface area contributed by atoms with Gasteiger partial charge in [-0.15, -0.1) is 0 Å². The van der Waals surface area contributed by atoms with Gasteiger partial charge in [-0.3, -0.25) is 4.99 Å². The monoisotopic (exact) mass is 330 g/mol. The fourth-order valence-corrected chi connectivity index (χ4v) is 3.32. The van der Waals surface area contributed by atoms with Gasteiger partial charge >= 0.3 is 0 Å². The van der Waals surface area contributed by atoms with Gasteiger partial charge in [0.2, 0.25) is 0 Å². The summed E-state index contributed by atoms with van der Waals surface area (Å²) in [7, 11) is 0. The Morgan fingerprint density at radius 1 is 1.56 bits per heavy atom. The van der Waals surface area contributed by atoms with Crippen molar-refractivity contribution in [2.45, 2.75) is 32.7 Å². The van der Waals surface area contributed by atoms with Crippen LogP contribution in [0.1, 0.15) is 25.8 Å². The Labute approximate surface area is 120 Å². The number of rotatable bonds is 2. The lowest BCUT2D eigenvalue weighted by atomic mass is 10.0. The molecule has 0 aliphatic carbocycles. The van der Waals surface area contributed by atoms with Crippen LogP contribution in [0, 0.1) is 12.7 Å². The van der Waals surface area contributed by atoms with Crippen LogP contribution in [0.4, 0.5) is 10.1 Å². The van der Waals surface area contributed by atoms with E-state index < -0.39 is 0 Å². The molecule has 0 spiro atoms. The molecule has 1 aliphatic heterocycles. The molecule has 2 rings (SSSR count). The van der Waals surface area contributed by atoms with Gasteiger partial charge in [-0.2, -0.15) is 0 Å². The molecule has 18 heavy (non-hydrogen) atoms. The van der Waals surface area contributed by atoms with Crippen molar-refractivity contribution < 1.29 is 4.39 Å². The third-order valence-corrected chi connectivity index (χ3v) is 5.00. The molecular weight excluding hydrogens is 315 g/mol. The van der Waals surface area contributed by atoms with E-state index in [-0.39, 0.29) is 11.4 Å². The zero-order valence-electron chi connectivity index (χ0n) is 10.7. The molecule has 1 heterocycles. The van der Waals surface area contributed by atoms with Crippen molar-refractivity contribution in [3.8, 4) is 0 Å². The van der Waals surface area contributed by atoms with Crippen molar-refractivity contribution >= 4 is 38.5 Å². The molecule has 5 heteroatoms. The molecule has 0 bridgehead atoms. The van der Waals surface area contributed by atoms with Crippen molar-refractivity contribution in [1.82, 2.24) is 0 Å². The Kier molecular flexibility index (Phi) is 4.02. The van der Waals surface area contributed by atoms with E-state index in [2.05, 4.69) is 40.1 Å². The van der Waals surface area contributed by atoms with E-state index in [1.54, 1.807) is 17.8 Å². The van der Waals surface area contributed by atoms with Crippen molar-refractivity contribution in [1.29, 1.82) is 0 Å². The summed E-state index contributed by atoms with van der Waals surface area (Å²) in [4.78, 5) is 4.66. The molecule has 1 aromatic carbocycles. The van der Waals surface area contributed by atoms with Gasteiger partial charge in [-0.1, -0.05) is 18.7 Å². The van der Waals surface area contributed by atoms with Crippen LogP contribution in [0.2, 0.25) is 0 Å². The van der Waals surface area contributed by atoms with E-state index in [4.69, 9.17) is 0 Å². The number of benzene rings is 1. The average molecular weight is 331 g/mol. The van der Waals surface area contributed by atoms with Crippen molar-refractivity contribution in [3.05, 3.63) is 28.0 Å². The number of aryl methyl sites for hydroxylation is 1. The smallest absolute Gasteiger partial charge is 0.161 e. The first-order valence-corrected chi connectivity index (χ1v) is 7.67. The maximum atomic E-state index is 13.5. The first-order valence-electron chi connectivity index (χ1n) is 5.89. The molecule has 0 radical (unpaired) electrons. The van der Waals surface area contributed by atoms with Crippen LogP contribution < -0.4 is 5.32 Å². The first-order chi connectivity index (χ1) is 8.43. The largest absolute Gasteiger partial charge is 0.335 e. The van der Waals surface area contributed by atoms with E-state index in [9.17, 15) is 4.39 Å². The number of thioether (sulfide) groups is 1. The number of anilines is 1. The zero-order valence-corrected chi connectivity index (χ0v) is 13.1. The second-order valence-electron chi connectivity index (χ2n) is 4.76. The van der Waals surface area contributed by atoms with Crippen LogP contribution in [0.5, 0.6) is 0 Å². The first kappa shape index (κ1) is 13.9. The summed E-state index contributed by atoms with van der Waals surface area (Å²) in [5.74, 6) is 0.717. The predicted molar refractivity (Wildman–Crippen MR) is 81.0 cm³/mol. The molecule has 98 valence electrons. The van der Waals surface area contributed by atoms with E-state index in [1.165, 1.54) is 6.07 Å². The normalized spacial score (nSPS) is 23.1. The lowest BCUT2D eigenvalue weighted by Crippen LogP contribution is -2.20. The molecule has 0 saturated carbocycles. The van der Waals surface area contributed by atoms with E-state index in [1.807, 2.05) is 6.92 Å². The summed E-state index contributed by atoms with van der Waals surface area (Å²) in [6.07, 6.45) is 1.01. The van der Waals surface area contributed by atoms with Gasteiger partial charge in [0.05, 0.1) is 10.0 Å². The molecule has 0 aromatic heterocycles. The Balaban J connectivity index is 2.21. The highest BCUT2D eigenvalue weighted by molar-refractivity contribution is 9.10. The third kappa shape index (κ3) is 2.88. The molecular formula is C13H16BrFN2S. The molecule has 2 nitrogen and oxygen atoms in total. The minimum Gasteiger partial charge on any atom is -0.335 e. The van der Waals surface area contributed by atoms with Crippen LogP contribution >= 0.6 is 27.7 Å². The fourth-order valence-electron chi connectivity index (χ4n) is 1.67. The van der Waals surface area contributed by atoms with Crippen molar-refractivity contribution in [2.75, 3.05) is 11.1 Å². The van der Waals surface area contributed by atoms with Crippen molar-refractivity contribution in [3.63, 3.8) is 0 Å². The number of nitrogens with one attached hydrogen (secondary N) is 1. The summed E-state index contributed by atoms with van der Waals surface area (Å²) >= 11 is 4.88. The summed E-state index contributed by atoms with van der Waals surface area (Å²) < 4.78 is 14.0. The summed E-state index contributed by atoms with van der Waals surface area (Å²) in [6, 6.07) is 3.28. The molecule has 1 atom stereocenters. The topological polar surface area (TPSA) is 24.4 Å². The van der Waals surface area contributed by atoms with E-state index in [0.717, 1.165) is 28.6 Å². The van der Waals surface area contributed by atoms with Gasteiger partial charge in [-0.25, -0.2) is 4.39 Å². The molecule has 1 aromatic rings. The van der Waals surface area contributed by atoms with E-state index in [0.29, 0.717) is 4.47 Å². The minimum absolute atomic E-state index is 0.00874. The summed E-state index contributed by atoms with van der Waals surface area (Å²) in [5, 5.41) is 4.10. The number of hydrogen-bond acceptors (Lipinski definition) is 3. The van der Waals surface area contributed by atoms with Gasteiger partial charge in [0, 0.05) is 11.4 Å². The highest BCUT2D eigenvalue weighted by atomic mass is 79.9. The van der Waals surface area contributed by atoms with Crippen LogP contribution in [-0.2, 0) is 0 Å². The minimum atomic E-state index is -0.259. The number of amidine groups is 1. The maximum absolute atomic E-state index is 13.5. The molecule has 1 aliphatic rings. The fraction of sp³-hybridized carbons (Fsp3) is 0.462. The average Bonchev–Trinajstić information content (AvgIpc) is 2.69. The number of hydrogen-bond donors (Lipinski definition) is 1. The Hall–Kier alpha value is -0.550. The Bertz CT molecular complexity index is 504. The van der Waals surface area contributed by atoms with Gasteiger partial charge < -0.3 is 5.32 Å². The van der Waals surface area contributed by atoms with Gasteiger partial charge in [0.1, 0.15) is 5.82 Å². The quantitative estimate of drug-likeness (QED) is 0.858. The molecule has 1 N–H and O–H groups in total. The molecule has 0 saturated heterocycles. The SMILES string of the molecule is CCC1(C)CSC(Nc2cc(F)c(Br)cc2C)=N1. The highest BCUT2D eigenvalue weighted by Crippen LogP contribution is 2.32. The molecule has 0 amide bonds. The van der Waals surface area contributed by atoms with Crippen LogP contribution in [0.25, 0.3) is 0 Å². The Morgan fingerprint density at radius 3 is 2.89 bits per heavy atom. The zero-order chi connectivity index (χ0) is 13.3. The van der Waals surface area contributed by atoms with E-state index >= 15 is 0 Å². The highest BCUT2D eigenvalue weighted by Gasteiger charge is 2.28. The lowest BCUT2D eigenvalue weighted by Gasteiger charge is -2.15. The van der Waals surface area contributed by atoms with Gasteiger partial charge in [-0.05, 0) is 53.9 Å². The number of nitrogens with zero attached hydrogens (tertiary/aromatic N) is 1. The second-order valence-corrected chi connectivity index (χ2v) is 6.58. The number of halogens is 2. The predicted octanol–water partition coefficient (Wildman–Crippen LogP) is 4.58.